The minimum Gasteiger partial charge on any atom is -0.318 e. The first-order chi connectivity index (χ1) is 10.1. The molecule has 0 aliphatic heterocycles. The number of nitrogen functional groups attached to an aromatic ring is 1. The number of nitro groups is 1. The van der Waals surface area contributed by atoms with Crippen LogP contribution in [0.2, 0.25) is 0 Å². The zero-order valence-corrected chi connectivity index (χ0v) is 11.2. The monoisotopic (exact) mass is 287 g/mol. The number of rotatable bonds is 4. The van der Waals surface area contributed by atoms with E-state index in [1.165, 1.54) is 36.3 Å². The molecule has 8 heteroatoms. The van der Waals surface area contributed by atoms with Gasteiger partial charge in [-0.15, -0.1) is 0 Å². The Bertz CT molecular complexity index is 675. The molecule has 1 heterocycles. The number of pyridine rings is 1. The predicted molar refractivity (Wildman–Crippen MR) is 77.9 cm³/mol. The zero-order valence-electron chi connectivity index (χ0n) is 11.2. The second-order valence-corrected chi connectivity index (χ2v) is 4.18. The lowest BCUT2D eigenvalue weighted by atomic mass is 10.1. The molecule has 0 saturated carbocycles. The van der Waals surface area contributed by atoms with Gasteiger partial charge in [0.15, 0.2) is 0 Å². The molecule has 2 aromatic rings. The van der Waals surface area contributed by atoms with Crippen LogP contribution in [0.25, 0.3) is 0 Å². The quantitative estimate of drug-likeness (QED) is 0.501. The number of nitrogens with zero attached hydrogens (tertiary/aromatic N) is 3. The van der Waals surface area contributed by atoms with Crippen molar-refractivity contribution in [1.82, 2.24) is 4.98 Å². The molecule has 0 fully saturated rings. The predicted octanol–water partition coefficient (Wildman–Crippen LogP) is 1.55. The summed E-state index contributed by atoms with van der Waals surface area (Å²) in [7, 11) is 1.52. The van der Waals surface area contributed by atoms with Gasteiger partial charge in [-0.05, 0) is 24.3 Å². The molecule has 0 bridgehead atoms. The van der Waals surface area contributed by atoms with Gasteiger partial charge < -0.3 is 10.3 Å². The van der Waals surface area contributed by atoms with E-state index in [0.29, 0.717) is 5.69 Å². The van der Waals surface area contributed by atoms with E-state index in [1.54, 1.807) is 18.3 Å². The van der Waals surface area contributed by atoms with Crippen LogP contribution >= 0.6 is 0 Å². The van der Waals surface area contributed by atoms with Crippen molar-refractivity contribution >= 4 is 23.0 Å². The summed E-state index contributed by atoms with van der Waals surface area (Å²) in [6.45, 7) is 0. The molecule has 8 nitrogen and oxygen atoms in total. The Hall–Kier alpha value is -3.00. The van der Waals surface area contributed by atoms with Crippen molar-refractivity contribution in [2.75, 3.05) is 17.4 Å². The van der Waals surface area contributed by atoms with Crippen molar-refractivity contribution in [2.45, 2.75) is 0 Å². The van der Waals surface area contributed by atoms with Crippen LogP contribution in [-0.4, -0.2) is 22.9 Å². The lowest BCUT2D eigenvalue weighted by molar-refractivity contribution is -0.384. The number of nitrogens with two attached hydrogens (primary N) is 1. The number of carbonyl (C=O) groups is 1. The summed E-state index contributed by atoms with van der Waals surface area (Å²) < 4.78 is 0. The molecule has 0 radical (unpaired) electrons. The molecule has 0 saturated heterocycles. The highest BCUT2D eigenvalue weighted by Gasteiger charge is 2.26. The standard InChI is InChI=1S/C13H13N5O3/c1-17(9-4-3-7-15-8-9)13(19)10-5-2-6-11(16-14)12(10)18(20)21/h2-8,16H,14H2,1H3. The molecule has 108 valence electrons. The summed E-state index contributed by atoms with van der Waals surface area (Å²) in [5.41, 5.74) is 2.42. The van der Waals surface area contributed by atoms with Crippen LogP contribution in [0.5, 0.6) is 0 Å². The van der Waals surface area contributed by atoms with E-state index in [9.17, 15) is 14.9 Å². The third kappa shape index (κ3) is 2.79. The fourth-order valence-electron chi connectivity index (χ4n) is 1.88. The first-order valence-corrected chi connectivity index (χ1v) is 5.98. The normalized spacial score (nSPS) is 10.0. The second-order valence-electron chi connectivity index (χ2n) is 4.18. The summed E-state index contributed by atoms with van der Waals surface area (Å²) in [4.78, 5) is 28.2. The number of carbonyl (C=O) groups excluding carboxylic acids is 1. The molecule has 0 aliphatic rings. The van der Waals surface area contributed by atoms with E-state index < -0.39 is 10.8 Å². The number of aromatic nitrogens is 1. The van der Waals surface area contributed by atoms with Crippen molar-refractivity contribution in [3.63, 3.8) is 0 Å². The SMILES string of the molecule is CN(C(=O)c1cccc(NN)c1[N+](=O)[O-])c1cccnc1. The van der Waals surface area contributed by atoms with Gasteiger partial charge in [0.2, 0.25) is 0 Å². The van der Waals surface area contributed by atoms with E-state index in [0.717, 1.165) is 0 Å². The Morgan fingerprint density at radius 2 is 2.14 bits per heavy atom. The summed E-state index contributed by atoms with van der Waals surface area (Å²) in [5, 5.41) is 11.2. The average molecular weight is 287 g/mol. The van der Waals surface area contributed by atoms with Gasteiger partial charge in [0.1, 0.15) is 11.3 Å². The van der Waals surface area contributed by atoms with E-state index >= 15 is 0 Å². The van der Waals surface area contributed by atoms with Crippen LogP contribution < -0.4 is 16.2 Å². The number of hydrogen-bond acceptors (Lipinski definition) is 6. The highest BCUT2D eigenvalue weighted by molar-refractivity contribution is 6.09. The van der Waals surface area contributed by atoms with Crippen molar-refractivity contribution in [3.8, 4) is 0 Å². The van der Waals surface area contributed by atoms with Crippen molar-refractivity contribution in [3.05, 3.63) is 58.4 Å². The van der Waals surface area contributed by atoms with Crippen molar-refractivity contribution in [2.24, 2.45) is 5.84 Å². The zero-order chi connectivity index (χ0) is 15.4. The largest absolute Gasteiger partial charge is 0.318 e. The molecular formula is C13H13N5O3. The fraction of sp³-hybridized carbons (Fsp3) is 0.0769. The van der Waals surface area contributed by atoms with E-state index in [4.69, 9.17) is 5.84 Å². The summed E-state index contributed by atoms with van der Waals surface area (Å²) in [6, 6.07) is 7.69. The highest BCUT2D eigenvalue weighted by Crippen LogP contribution is 2.29. The molecule has 2 rings (SSSR count). The molecular weight excluding hydrogens is 274 g/mol. The third-order valence-corrected chi connectivity index (χ3v) is 2.94. The van der Waals surface area contributed by atoms with Gasteiger partial charge in [-0.25, -0.2) is 0 Å². The molecule has 0 unspecified atom stereocenters. The van der Waals surface area contributed by atoms with Crippen LogP contribution in [0.4, 0.5) is 17.1 Å². The van der Waals surface area contributed by atoms with Crippen LogP contribution in [0.15, 0.2) is 42.7 Å². The van der Waals surface area contributed by atoms with Crippen molar-refractivity contribution in [1.29, 1.82) is 0 Å². The topological polar surface area (TPSA) is 114 Å². The van der Waals surface area contributed by atoms with Crippen LogP contribution in [0.1, 0.15) is 10.4 Å². The highest BCUT2D eigenvalue weighted by atomic mass is 16.6. The molecule has 0 spiro atoms. The van der Waals surface area contributed by atoms with Gasteiger partial charge in [-0.1, -0.05) is 6.07 Å². The number of hydrogen-bond donors (Lipinski definition) is 2. The lowest BCUT2D eigenvalue weighted by Crippen LogP contribution is -2.27. The Morgan fingerprint density at radius 1 is 1.38 bits per heavy atom. The van der Waals surface area contributed by atoms with Crippen LogP contribution in [0, 0.1) is 10.1 Å². The number of nitrogens with one attached hydrogen (secondary N) is 1. The fourth-order valence-corrected chi connectivity index (χ4v) is 1.88. The van der Waals surface area contributed by atoms with Gasteiger partial charge in [0, 0.05) is 13.2 Å². The van der Waals surface area contributed by atoms with Crippen LogP contribution in [0.3, 0.4) is 0 Å². The average Bonchev–Trinajstić information content (AvgIpc) is 2.53. The number of nitro benzene ring substituents is 1. The van der Waals surface area contributed by atoms with E-state index in [1.807, 2.05) is 0 Å². The van der Waals surface area contributed by atoms with Crippen molar-refractivity contribution < 1.29 is 9.72 Å². The van der Waals surface area contributed by atoms with Gasteiger partial charge in [-0.3, -0.25) is 25.7 Å². The summed E-state index contributed by atoms with van der Waals surface area (Å²) in [6.07, 6.45) is 3.07. The van der Waals surface area contributed by atoms with Gasteiger partial charge >= 0.3 is 5.69 Å². The maximum Gasteiger partial charge on any atom is 0.306 e. The molecule has 0 aliphatic carbocycles. The first kappa shape index (κ1) is 14.4. The maximum absolute atomic E-state index is 12.5. The van der Waals surface area contributed by atoms with Crippen LogP contribution in [-0.2, 0) is 0 Å². The molecule has 1 amide bonds. The molecule has 21 heavy (non-hydrogen) atoms. The molecule has 1 aromatic heterocycles. The Morgan fingerprint density at radius 3 is 2.71 bits per heavy atom. The molecule has 1 aromatic carbocycles. The number of benzene rings is 1. The van der Waals surface area contributed by atoms with E-state index in [-0.39, 0.29) is 16.9 Å². The first-order valence-electron chi connectivity index (χ1n) is 5.98. The summed E-state index contributed by atoms with van der Waals surface area (Å²) in [5.74, 6) is 4.73. The summed E-state index contributed by atoms with van der Waals surface area (Å²) >= 11 is 0. The smallest absolute Gasteiger partial charge is 0.306 e. The number of para-hydroxylation sites is 1. The minimum atomic E-state index is -0.639. The number of anilines is 2. The van der Waals surface area contributed by atoms with Gasteiger partial charge in [-0.2, -0.15) is 0 Å². The number of amides is 1. The Balaban J connectivity index is 2.47. The van der Waals surface area contributed by atoms with E-state index in [2.05, 4.69) is 10.4 Å². The second kappa shape index (κ2) is 5.97. The number of hydrazine groups is 1. The molecule has 3 N–H and O–H groups in total. The Labute approximate surface area is 120 Å². The maximum atomic E-state index is 12.5. The molecule has 0 atom stereocenters. The Kier molecular flexibility index (Phi) is 4.10. The minimum absolute atomic E-state index is 0.0539. The third-order valence-electron chi connectivity index (χ3n) is 2.94. The lowest BCUT2D eigenvalue weighted by Gasteiger charge is -2.17. The van der Waals surface area contributed by atoms with Gasteiger partial charge in [0.25, 0.3) is 5.91 Å². The van der Waals surface area contributed by atoms with Gasteiger partial charge in [0.05, 0.1) is 16.8 Å².